The number of Topliss-reactive ketones (excluding diaryl/α,β-unsaturated/α-hetero) is 1. The number of allylic oxidation sites excluding steroid dienone is 1. The Bertz CT molecular complexity index is 806. The van der Waals surface area contributed by atoms with Gasteiger partial charge in [0.05, 0.1) is 18.3 Å². The average molecular weight is 477 g/mol. The molecule has 12 atom stereocenters. The van der Waals surface area contributed by atoms with Crippen molar-refractivity contribution in [1.82, 2.24) is 0 Å². The number of rotatable bonds is 5. The summed E-state index contributed by atoms with van der Waals surface area (Å²) in [5.74, 6) is 1.76. The van der Waals surface area contributed by atoms with E-state index >= 15 is 0 Å². The SMILES string of the molecule is C/C=C(\C(C)C)[C@@H](O)[C@H](O)[C@@H](C)[C@H]1CCC2C3CC(=O)C4C[C@H](O)[C@H](O)C[C@]4(C)C3CC[C@@]21C. The molecule has 0 saturated heterocycles. The van der Waals surface area contributed by atoms with Crippen LogP contribution in [0.4, 0.5) is 0 Å². The third kappa shape index (κ3) is 3.93. The Morgan fingerprint density at radius 2 is 1.65 bits per heavy atom. The maximum atomic E-state index is 13.3. The first-order valence-corrected chi connectivity index (χ1v) is 13.8. The van der Waals surface area contributed by atoms with Crippen LogP contribution >= 0.6 is 0 Å². The number of aliphatic hydroxyl groups is 4. The highest BCUT2D eigenvalue weighted by atomic mass is 16.3. The first-order valence-electron chi connectivity index (χ1n) is 13.8. The van der Waals surface area contributed by atoms with E-state index in [0.717, 1.165) is 31.3 Å². The second-order valence-electron chi connectivity index (χ2n) is 13.1. The number of hydrogen-bond donors (Lipinski definition) is 4. The van der Waals surface area contributed by atoms with Crippen LogP contribution in [0.15, 0.2) is 11.6 Å². The van der Waals surface area contributed by atoms with E-state index in [0.29, 0.717) is 42.9 Å². The molecule has 0 heterocycles. The third-order valence-corrected chi connectivity index (χ3v) is 11.4. The summed E-state index contributed by atoms with van der Waals surface area (Å²) in [5.41, 5.74) is 0.709. The molecule has 0 radical (unpaired) electrons. The molecule has 5 heteroatoms. The van der Waals surface area contributed by atoms with Crippen LogP contribution in [0.25, 0.3) is 0 Å². The molecule has 4 saturated carbocycles. The number of aliphatic hydroxyl groups excluding tert-OH is 4. The van der Waals surface area contributed by atoms with Gasteiger partial charge < -0.3 is 20.4 Å². The van der Waals surface area contributed by atoms with Crippen LogP contribution in [0.5, 0.6) is 0 Å². The maximum Gasteiger partial charge on any atom is 0.136 e. The molecule has 5 nitrogen and oxygen atoms in total. The molecule has 4 N–H and O–H groups in total. The van der Waals surface area contributed by atoms with Crippen LogP contribution < -0.4 is 0 Å². The normalized spacial score (nSPS) is 47.6. The van der Waals surface area contributed by atoms with E-state index in [-0.39, 0.29) is 34.4 Å². The first kappa shape index (κ1) is 26.3. The highest BCUT2D eigenvalue weighted by Gasteiger charge is 2.63. The Balaban J connectivity index is 1.56. The molecule has 4 fully saturated rings. The van der Waals surface area contributed by atoms with Crippen molar-refractivity contribution < 1.29 is 25.2 Å². The Hall–Kier alpha value is -0.750. The Kier molecular flexibility index (Phi) is 7.18. The summed E-state index contributed by atoms with van der Waals surface area (Å²) in [6.45, 7) is 12.7. The molecule has 4 aliphatic rings. The van der Waals surface area contributed by atoms with E-state index in [1.807, 2.05) is 13.0 Å². The molecule has 0 aromatic carbocycles. The van der Waals surface area contributed by atoms with Crippen LogP contribution in [-0.4, -0.2) is 50.6 Å². The lowest BCUT2D eigenvalue weighted by Crippen LogP contribution is -2.59. The summed E-state index contributed by atoms with van der Waals surface area (Å²) in [7, 11) is 0. The summed E-state index contributed by atoms with van der Waals surface area (Å²) in [5, 5.41) is 43.0. The zero-order valence-corrected chi connectivity index (χ0v) is 22.1. The standard InChI is InChI=1S/C29H48O5/c1-7-17(15(2)3)27(34)26(33)16(4)19-8-9-20-18-12-23(30)22-13-24(31)25(32)14-29(22,6)21(18)10-11-28(19,20)5/h7,15-16,18-22,24-27,31-34H,8-14H2,1-6H3/b17-7+/t16-,18?,19+,20?,21?,22?,24-,25+,26+,27+,28+,29+/m0/s1. The molecule has 4 aliphatic carbocycles. The first-order chi connectivity index (χ1) is 15.9. The highest BCUT2D eigenvalue weighted by Crippen LogP contribution is 2.67. The quantitative estimate of drug-likeness (QED) is 0.448. The van der Waals surface area contributed by atoms with Crippen LogP contribution in [0, 0.1) is 52.3 Å². The highest BCUT2D eigenvalue weighted by molar-refractivity contribution is 5.83. The topological polar surface area (TPSA) is 98.0 Å². The molecule has 4 unspecified atom stereocenters. The predicted molar refractivity (Wildman–Crippen MR) is 133 cm³/mol. The summed E-state index contributed by atoms with van der Waals surface area (Å²) in [6.07, 6.45) is 4.47. The summed E-state index contributed by atoms with van der Waals surface area (Å²) in [6, 6.07) is 0. The lowest BCUT2D eigenvalue weighted by atomic mass is 9.44. The average Bonchev–Trinajstić information content (AvgIpc) is 3.12. The van der Waals surface area contributed by atoms with Crippen LogP contribution in [0.2, 0.25) is 0 Å². The number of ketones is 1. The fourth-order valence-corrected chi connectivity index (χ4v) is 9.54. The lowest BCUT2D eigenvalue weighted by molar-refractivity contribution is -0.174. The van der Waals surface area contributed by atoms with E-state index in [2.05, 4.69) is 34.6 Å². The van der Waals surface area contributed by atoms with Gasteiger partial charge in [0.25, 0.3) is 0 Å². The summed E-state index contributed by atoms with van der Waals surface area (Å²) >= 11 is 0. The van der Waals surface area contributed by atoms with E-state index in [1.54, 1.807) is 0 Å². The molecular weight excluding hydrogens is 428 g/mol. The van der Waals surface area contributed by atoms with Crippen LogP contribution in [0.3, 0.4) is 0 Å². The van der Waals surface area contributed by atoms with Gasteiger partial charge in [0, 0.05) is 12.3 Å². The molecule has 0 aromatic rings. The van der Waals surface area contributed by atoms with Gasteiger partial charge in [0.15, 0.2) is 0 Å². The molecule has 0 bridgehead atoms. The van der Waals surface area contributed by atoms with Gasteiger partial charge in [-0.2, -0.15) is 0 Å². The number of fused-ring (bicyclic) bond motifs is 5. The molecule has 194 valence electrons. The van der Waals surface area contributed by atoms with Crippen molar-refractivity contribution in [3.63, 3.8) is 0 Å². The Labute approximate surface area is 206 Å². The minimum Gasteiger partial charge on any atom is -0.390 e. The lowest BCUT2D eigenvalue weighted by Gasteiger charge is -2.61. The molecule has 0 aromatic heterocycles. The van der Waals surface area contributed by atoms with Crippen LogP contribution in [0.1, 0.15) is 86.5 Å². The number of hydrogen-bond acceptors (Lipinski definition) is 5. The predicted octanol–water partition coefficient (Wildman–Crippen LogP) is 4.12. The van der Waals surface area contributed by atoms with Gasteiger partial charge in [0.2, 0.25) is 0 Å². The monoisotopic (exact) mass is 476 g/mol. The van der Waals surface area contributed by atoms with Gasteiger partial charge in [-0.05, 0) is 97.4 Å². The molecule has 0 amide bonds. The van der Waals surface area contributed by atoms with Gasteiger partial charge in [-0.1, -0.05) is 40.7 Å². The molecular formula is C29H48O5. The zero-order valence-electron chi connectivity index (χ0n) is 22.1. The van der Waals surface area contributed by atoms with Gasteiger partial charge in [-0.15, -0.1) is 0 Å². The second-order valence-corrected chi connectivity index (χ2v) is 13.1. The van der Waals surface area contributed by atoms with Crippen molar-refractivity contribution in [3.05, 3.63) is 11.6 Å². The van der Waals surface area contributed by atoms with Gasteiger partial charge in [-0.25, -0.2) is 0 Å². The molecule has 4 rings (SSSR count). The fraction of sp³-hybridized carbons (Fsp3) is 0.897. The van der Waals surface area contributed by atoms with E-state index in [1.165, 1.54) is 0 Å². The van der Waals surface area contributed by atoms with Crippen molar-refractivity contribution in [2.45, 2.75) is 111 Å². The van der Waals surface area contributed by atoms with Crippen molar-refractivity contribution in [1.29, 1.82) is 0 Å². The molecule has 0 aliphatic heterocycles. The fourth-order valence-electron chi connectivity index (χ4n) is 9.54. The van der Waals surface area contributed by atoms with Gasteiger partial charge >= 0.3 is 0 Å². The smallest absolute Gasteiger partial charge is 0.136 e. The van der Waals surface area contributed by atoms with Crippen LogP contribution in [-0.2, 0) is 4.79 Å². The third-order valence-electron chi connectivity index (χ3n) is 11.4. The van der Waals surface area contributed by atoms with E-state index in [4.69, 9.17) is 0 Å². The van der Waals surface area contributed by atoms with Crippen molar-refractivity contribution in [3.8, 4) is 0 Å². The zero-order chi connectivity index (χ0) is 25.2. The minimum atomic E-state index is -0.843. The van der Waals surface area contributed by atoms with E-state index in [9.17, 15) is 25.2 Å². The number of carbonyl (C=O) groups is 1. The minimum absolute atomic E-state index is 0.0236. The Morgan fingerprint density at radius 1 is 1.00 bits per heavy atom. The molecule has 34 heavy (non-hydrogen) atoms. The van der Waals surface area contributed by atoms with Gasteiger partial charge in [0.1, 0.15) is 11.9 Å². The summed E-state index contributed by atoms with van der Waals surface area (Å²) < 4.78 is 0. The largest absolute Gasteiger partial charge is 0.390 e. The van der Waals surface area contributed by atoms with Crippen molar-refractivity contribution in [2.24, 2.45) is 52.3 Å². The van der Waals surface area contributed by atoms with Gasteiger partial charge in [-0.3, -0.25) is 4.79 Å². The second kappa shape index (κ2) is 9.28. The molecule has 0 spiro atoms. The maximum absolute atomic E-state index is 13.3. The summed E-state index contributed by atoms with van der Waals surface area (Å²) in [4.78, 5) is 13.3. The van der Waals surface area contributed by atoms with Crippen molar-refractivity contribution in [2.75, 3.05) is 0 Å². The van der Waals surface area contributed by atoms with E-state index < -0.39 is 24.4 Å². The van der Waals surface area contributed by atoms with Crippen molar-refractivity contribution >= 4 is 5.78 Å². The number of carbonyl (C=O) groups excluding carboxylic acids is 1. The Morgan fingerprint density at radius 3 is 2.26 bits per heavy atom.